The maximum atomic E-state index is 11.8. The summed E-state index contributed by atoms with van der Waals surface area (Å²) < 4.78 is 5.31. The topological polar surface area (TPSA) is 76.4 Å². The molecule has 0 bridgehead atoms. The quantitative estimate of drug-likeness (QED) is 0.726. The minimum absolute atomic E-state index is 0.187. The highest BCUT2D eigenvalue weighted by Crippen LogP contribution is 2.24. The molecule has 2 fully saturated rings. The van der Waals surface area contributed by atoms with Crippen molar-refractivity contribution in [2.75, 3.05) is 0 Å². The zero-order chi connectivity index (χ0) is 14.0. The first-order valence-corrected chi connectivity index (χ1v) is 7.34. The van der Waals surface area contributed by atoms with E-state index in [0.29, 0.717) is 18.1 Å². The number of nitrogens with one attached hydrogen (secondary N) is 2. The van der Waals surface area contributed by atoms with Gasteiger partial charge in [0.2, 0.25) is 0 Å². The fourth-order valence-corrected chi connectivity index (χ4v) is 2.89. The van der Waals surface area contributed by atoms with Gasteiger partial charge in [-0.15, -0.1) is 0 Å². The van der Waals surface area contributed by atoms with Crippen molar-refractivity contribution in [3.8, 4) is 0 Å². The molecule has 2 aliphatic rings. The van der Waals surface area contributed by atoms with Crippen molar-refractivity contribution in [2.24, 2.45) is 5.73 Å². The zero-order valence-electron chi connectivity index (χ0n) is 12.2. The van der Waals surface area contributed by atoms with Crippen LogP contribution in [0.4, 0.5) is 4.79 Å². The monoisotopic (exact) mass is 269 g/mol. The van der Waals surface area contributed by atoms with Gasteiger partial charge >= 0.3 is 6.09 Å². The third kappa shape index (κ3) is 4.35. The van der Waals surface area contributed by atoms with Gasteiger partial charge in [-0.25, -0.2) is 4.79 Å². The Morgan fingerprint density at radius 3 is 2.42 bits per heavy atom. The molecule has 2 aliphatic carbocycles. The maximum Gasteiger partial charge on any atom is 0.407 e. The average molecular weight is 269 g/mol. The molecule has 0 saturated heterocycles. The molecule has 2 unspecified atom stereocenters. The Labute approximate surface area is 115 Å². The molecule has 0 heterocycles. The average Bonchev–Trinajstić information content (AvgIpc) is 2.60. The number of carbonyl (C=O) groups excluding carboxylic acids is 1. The number of ether oxygens (including phenoxy) is 1. The molecule has 2 atom stereocenters. The fraction of sp³-hybridized carbons (Fsp3) is 0.929. The molecule has 0 spiro atoms. The van der Waals surface area contributed by atoms with Crippen LogP contribution in [0.1, 0.15) is 52.9 Å². The smallest absolute Gasteiger partial charge is 0.407 e. The van der Waals surface area contributed by atoms with Gasteiger partial charge in [-0.2, -0.15) is 0 Å². The summed E-state index contributed by atoms with van der Waals surface area (Å²) in [5.74, 6) is 0. The van der Waals surface area contributed by atoms with E-state index < -0.39 is 5.60 Å². The lowest BCUT2D eigenvalue weighted by molar-refractivity contribution is 0.0494. The van der Waals surface area contributed by atoms with Crippen LogP contribution in [0.15, 0.2) is 0 Å². The molecule has 110 valence electrons. The highest BCUT2D eigenvalue weighted by Gasteiger charge is 2.34. The molecule has 0 radical (unpaired) electrons. The van der Waals surface area contributed by atoms with E-state index in [0.717, 1.165) is 32.1 Å². The van der Waals surface area contributed by atoms with Crippen LogP contribution < -0.4 is 16.4 Å². The minimum Gasteiger partial charge on any atom is -0.444 e. The maximum absolute atomic E-state index is 11.8. The Morgan fingerprint density at radius 2 is 1.84 bits per heavy atom. The summed E-state index contributed by atoms with van der Waals surface area (Å²) in [6.07, 6.45) is 5.08. The van der Waals surface area contributed by atoms with E-state index in [4.69, 9.17) is 10.5 Å². The number of hydrogen-bond donors (Lipinski definition) is 3. The van der Waals surface area contributed by atoms with Gasteiger partial charge in [-0.05, 0) is 52.9 Å². The first kappa shape index (κ1) is 14.6. The second-order valence-corrected chi connectivity index (χ2v) is 6.89. The van der Waals surface area contributed by atoms with E-state index in [1.807, 2.05) is 20.8 Å². The molecule has 5 heteroatoms. The molecule has 0 aromatic carbocycles. The van der Waals surface area contributed by atoms with Crippen LogP contribution in [0.25, 0.3) is 0 Å². The van der Waals surface area contributed by atoms with Crippen LogP contribution in [0, 0.1) is 0 Å². The highest BCUT2D eigenvalue weighted by molar-refractivity contribution is 5.68. The lowest BCUT2D eigenvalue weighted by Gasteiger charge is -2.37. The van der Waals surface area contributed by atoms with Gasteiger partial charge in [0.05, 0.1) is 0 Å². The summed E-state index contributed by atoms with van der Waals surface area (Å²) in [6, 6.07) is 1.44. The van der Waals surface area contributed by atoms with E-state index in [-0.39, 0.29) is 12.1 Å². The van der Waals surface area contributed by atoms with Gasteiger partial charge in [0.15, 0.2) is 0 Å². The number of amides is 1. The number of rotatable bonds is 3. The number of alkyl carbamates (subject to hydrolysis) is 1. The molecule has 4 N–H and O–H groups in total. The predicted molar refractivity (Wildman–Crippen MR) is 74.9 cm³/mol. The molecule has 1 amide bonds. The zero-order valence-corrected chi connectivity index (χ0v) is 12.2. The predicted octanol–water partition coefficient (Wildman–Crippen LogP) is 1.51. The molecular weight excluding hydrogens is 242 g/mol. The van der Waals surface area contributed by atoms with E-state index in [1.165, 1.54) is 0 Å². The lowest BCUT2D eigenvalue weighted by Crippen LogP contribution is -2.56. The van der Waals surface area contributed by atoms with Gasteiger partial charge in [0.1, 0.15) is 5.60 Å². The van der Waals surface area contributed by atoms with E-state index in [1.54, 1.807) is 0 Å². The largest absolute Gasteiger partial charge is 0.444 e. The van der Waals surface area contributed by atoms with Gasteiger partial charge in [0.25, 0.3) is 0 Å². The summed E-state index contributed by atoms with van der Waals surface area (Å²) in [6.45, 7) is 5.64. The number of hydrogen-bond acceptors (Lipinski definition) is 4. The van der Waals surface area contributed by atoms with Crippen molar-refractivity contribution in [1.82, 2.24) is 10.6 Å². The molecule has 2 rings (SSSR count). The van der Waals surface area contributed by atoms with Crippen molar-refractivity contribution in [2.45, 2.75) is 82.6 Å². The van der Waals surface area contributed by atoms with Gasteiger partial charge in [-0.3, -0.25) is 0 Å². The van der Waals surface area contributed by atoms with Crippen molar-refractivity contribution in [3.05, 3.63) is 0 Å². The molecular formula is C14H27N3O2. The summed E-state index contributed by atoms with van der Waals surface area (Å²) >= 11 is 0. The molecule has 5 nitrogen and oxygen atoms in total. The first-order chi connectivity index (χ1) is 8.83. The minimum atomic E-state index is -0.438. The van der Waals surface area contributed by atoms with E-state index in [9.17, 15) is 4.79 Å². The van der Waals surface area contributed by atoms with Gasteiger partial charge < -0.3 is 21.1 Å². The van der Waals surface area contributed by atoms with Crippen LogP contribution in [0.3, 0.4) is 0 Å². The fourth-order valence-electron chi connectivity index (χ4n) is 2.89. The normalized spacial score (nSPS) is 34.7. The summed E-state index contributed by atoms with van der Waals surface area (Å²) in [4.78, 5) is 11.8. The molecule has 0 aromatic heterocycles. The Kier molecular flexibility index (Phi) is 4.36. The molecule has 2 saturated carbocycles. The summed E-state index contributed by atoms with van der Waals surface area (Å²) in [5, 5.41) is 6.61. The number of nitrogens with two attached hydrogens (primary N) is 1. The first-order valence-electron chi connectivity index (χ1n) is 7.34. The van der Waals surface area contributed by atoms with Crippen molar-refractivity contribution in [3.63, 3.8) is 0 Å². The third-order valence-electron chi connectivity index (χ3n) is 3.84. The molecule has 0 aliphatic heterocycles. The Morgan fingerprint density at radius 1 is 1.21 bits per heavy atom. The third-order valence-corrected chi connectivity index (χ3v) is 3.84. The molecule has 19 heavy (non-hydrogen) atoms. The summed E-state index contributed by atoms with van der Waals surface area (Å²) in [5.41, 5.74) is 5.36. The van der Waals surface area contributed by atoms with Crippen LogP contribution in [-0.2, 0) is 4.74 Å². The number of carbonyl (C=O) groups is 1. The van der Waals surface area contributed by atoms with E-state index in [2.05, 4.69) is 10.6 Å². The Hall–Kier alpha value is -0.810. The van der Waals surface area contributed by atoms with Crippen molar-refractivity contribution >= 4 is 6.09 Å². The van der Waals surface area contributed by atoms with Crippen LogP contribution in [0.2, 0.25) is 0 Å². The van der Waals surface area contributed by atoms with Gasteiger partial charge in [0, 0.05) is 24.2 Å². The second kappa shape index (κ2) is 5.67. The van der Waals surface area contributed by atoms with Crippen LogP contribution in [0.5, 0.6) is 0 Å². The standard InChI is InChI=1S/C14H27N3O2/c1-14(2,3)19-13(18)17-12-6-4-5-11(12)16-10-7-9(15)8-10/h9-12,16H,4-8,15H2,1-3H3,(H,17,18). The molecule has 0 aromatic rings. The highest BCUT2D eigenvalue weighted by atomic mass is 16.6. The van der Waals surface area contributed by atoms with Crippen LogP contribution >= 0.6 is 0 Å². The SMILES string of the molecule is CC(C)(C)OC(=O)NC1CCCC1NC1CC(N)C1. The lowest BCUT2D eigenvalue weighted by atomic mass is 9.87. The second-order valence-electron chi connectivity index (χ2n) is 6.89. The Bertz CT molecular complexity index is 321. The van der Waals surface area contributed by atoms with E-state index >= 15 is 0 Å². The van der Waals surface area contributed by atoms with Crippen molar-refractivity contribution in [1.29, 1.82) is 0 Å². The summed E-state index contributed by atoms with van der Waals surface area (Å²) in [7, 11) is 0. The Balaban J connectivity index is 1.77. The van der Waals surface area contributed by atoms with Gasteiger partial charge in [-0.1, -0.05) is 0 Å². The van der Waals surface area contributed by atoms with Crippen molar-refractivity contribution < 1.29 is 9.53 Å². The van der Waals surface area contributed by atoms with Crippen LogP contribution in [-0.4, -0.2) is 35.9 Å².